The molecule has 2 aliphatic rings. The number of carbonyl (C=O) groups excluding carboxylic acids is 1. The van der Waals surface area contributed by atoms with Gasteiger partial charge in [0.25, 0.3) is 5.91 Å². The number of hydrogen-bond donors (Lipinski definition) is 0. The highest BCUT2D eigenvalue weighted by Crippen LogP contribution is 2.33. The monoisotopic (exact) mass is 339 g/mol. The van der Waals surface area contributed by atoms with Crippen molar-refractivity contribution in [3.05, 3.63) is 54.0 Å². The third-order valence-electron chi connectivity index (χ3n) is 4.83. The number of rotatable bonds is 3. The van der Waals surface area contributed by atoms with E-state index >= 15 is 0 Å². The third-order valence-corrected chi connectivity index (χ3v) is 4.83. The molecule has 2 aromatic heterocycles. The predicted molar refractivity (Wildman–Crippen MR) is 91.4 cm³/mol. The van der Waals surface area contributed by atoms with Crippen molar-refractivity contribution in [2.45, 2.75) is 38.0 Å². The van der Waals surface area contributed by atoms with Gasteiger partial charge in [0.2, 0.25) is 5.88 Å². The molecule has 0 spiro atoms. The number of amides is 1. The van der Waals surface area contributed by atoms with E-state index in [1.165, 1.54) is 0 Å². The van der Waals surface area contributed by atoms with Gasteiger partial charge in [-0.1, -0.05) is 6.07 Å². The van der Waals surface area contributed by atoms with Crippen molar-refractivity contribution in [2.24, 2.45) is 0 Å². The second kappa shape index (κ2) is 6.80. The maximum absolute atomic E-state index is 12.9. The van der Waals surface area contributed by atoms with Gasteiger partial charge >= 0.3 is 0 Å². The van der Waals surface area contributed by atoms with Crippen LogP contribution in [0.25, 0.3) is 0 Å². The summed E-state index contributed by atoms with van der Waals surface area (Å²) in [5.41, 5.74) is 1.62. The van der Waals surface area contributed by atoms with Gasteiger partial charge in [-0.25, -0.2) is 4.98 Å². The summed E-state index contributed by atoms with van der Waals surface area (Å²) in [6.45, 7) is 3.07. The molecule has 25 heavy (non-hydrogen) atoms. The van der Waals surface area contributed by atoms with E-state index in [0.29, 0.717) is 24.6 Å². The SMILES string of the molecule is Cc1cncc(C(=O)N2CCO[C@H]3[C@H](Oc4ccccn4)CC[C@@H]32)c1. The van der Waals surface area contributed by atoms with Crippen molar-refractivity contribution in [1.82, 2.24) is 14.9 Å². The molecular weight excluding hydrogens is 318 g/mol. The van der Waals surface area contributed by atoms with E-state index in [9.17, 15) is 4.79 Å². The number of nitrogens with zero attached hydrogens (tertiary/aromatic N) is 3. The molecule has 6 nitrogen and oxygen atoms in total. The number of pyridine rings is 2. The van der Waals surface area contributed by atoms with Crippen LogP contribution in [-0.2, 0) is 4.74 Å². The summed E-state index contributed by atoms with van der Waals surface area (Å²) in [5, 5.41) is 0. The van der Waals surface area contributed by atoms with Gasteiger partial charge in [0.05, 0.1) is 18.2 Å². The lowest BCUT2D eigenvalue weighted by molar-refractivity contribution is -0.0793. The van der Waals surface area contributed by atoms with E-state index in [1.54, 1.807) is 18.6 Å². The molecule has 4 rings (SSSR count). The van der Waals surface area contributed by atoms with Gasteiger partial charge in [0, 0.05) is 31.2 Å². The van der Waals surface area contributed by atoms with Gasteiger partial charge in [-0.05, 0) is 37.5 Å². The molecule has 1 saturated carbocycles. The molecule has 130 valence electrons. The highest BCUT2D eigenvalue weighted by molar-refractivity contribution is 5.94. The molecule has 1 aliphatic carbocycles. The Morgan fingerprint density at radius 1 is 1.32 bits per heavy atom. The molecule has 0 bridgehead atoms. The van der Waals surface area contributed by atoms with Crippen LogP contribution in [0.15, 0.2) is 42.9 Å². The fourth-order valence-corrected chi connectivity index (χ4v) is 3.70. The number of carbonyl (C=O) groups is 1. The molecular formula is C19H21N3O3. The zero-order valence-electron chi connectivity index (χ0n) is 14.2. The Bertz CT molecular complexity index is 753. The topological polar surface area (TPSA) is 64.6 Å². The van der Waals surface area contributed by atoms with E-state index in [2.05, 4.69) is 9.97 Å². The largest absolute Gasteiger partial charge is 0.471 e. The molecule has 0 aromatic carbocycles. The van der Waals surface area contributed by atoms with Crippen molar-refractivity contribution < 1.29 is 14.3 Å². The second-order valence-electron chi connectivity index (χ2n) is 6.55. The Hall–Kier alpha value is -2.47. The molecule has 0 unspecified atom stereocenters. The molecule has 3 heterocycles. The van der Waals surface area contributed by atoms with Crippen LogP contribution in [0.1, 0.15) is 28.8 Å². The van der Waals surface area contributed by atoms with Gasteiger partial charge in [-0.3, -0.25) is 9.78 Å². The van der Waals surface area contributed by atoms with Gasteiger partial charge in [0.1, 0.15) is 12.2 Å². The van der Waals surface area contributed by atoms with E-state index in [4.69, 9.17) is 9.47 Å². The standard InChI is InChI=1S/C19H21N3O3/c1-13-10-14(12-20-11-13)19(23)22-8-9-24-18-15(22)5-6-16(18)25-17-4-2-3-7-21-17/h2-4,7,10-12,15-16,18H,5-6,8-9H2,1H3/t15-,16+,18+/m0/s1. The Balaban J connectivity index is 1.50. The van der Waals surface area contributed by atoms with Crippen molar-refractivity contribution in [3.8, 4) is 5.88 Å². The van der Waals surface area contributed by atoms with Crippen LogP contribution >= 0.6 is 0 Å². The summed E-state index contributed by atoms with van der Waals surface area (Å²) in [5.74, 6) is 0.621. The number of aryl methyl sites for hydroxylation is 1. The van der Waals surface area contributed by atoms with Gasteiger partial charge in [-0.2, -0.15) is 0 Å². The first-order chi connectivity index (χ1) is 12.2. The van der Waals surface area contributed by atoms with Gasteiger partial charge in [-0.15, -0.1) is 0 Å². The van der Waals surface area contributed by atoms with Crippen LogP contribution in [0.3, 0.4) is 0 Å². The Kier molecular flexibility index (Phi) is 4.36. The lowest BCUT2D eigenvalue weighted by atomic mass is 10.1. The first-order valence-electron chi connectivity index (χ1n) is 8.64. The van der Waals surface area contributed by atoms with Crippen LogP contribution in [0.4, 0.5) is 0 Å². The molecule has 1 aliphatic heterocycles. The predicted octanol–water partition coefficient (Wildman–Crippen LogP) is 2.24. The van der Waals surface area contributed by atoms with Crippen LogP contribution in [-0.4, -0.2) is 52.2 Å². The molecule has 6 heteroatoms. The van der Waals surface area contributed by atoms with E-state index in [1.807, 2.05) is 36.1 Å². The minimum Gasteiger partial charge on any atom is -0.471 e. The lowest BCUT2D eigenvalue weighted by Crippen LogP contribution is -2.54. The number of aromatic nitrogens is 2. The Labute approximate surface area is 146 Å². The van der Waals surface area contributed by atoms with Crippen molar-refractivity contribution in [1.29, 1.82) is 0 Å². The van der Waals surface area contributed by atoms with Crippen LogP contribution in [0.5, 0.6) is 5.88 Å². The summed E-state index contributed by atoms with van der Waals surface area (Å²) in [4.78, 5) is 23.2. The maximum atomic E-state index is 12.9. The van der Waals surface area contributed by atoms with E-state index < -0.39 is 0 Å². The van der Waals surface area contributed by atoms with Crippen molar-refractivity contribution >= 4 is 5.91 Å². The number of morpholine rings is 1. The maximum Gasteiger partial charge on any atom is 0.255 e. The number of hydrogen-bond acceptors (Lipinski definition) is 5. The summed E-state index contributed by atoms with van der Waals surface area (Å²) < 4.78 is 12.0. The van der Waals surface area contributed by atoms with Gasteiger partial charge in [0.15, 0.2) is 0 Å². The van der Waals surface area contributed by atoms with Crippen LogP contribution < -0.4 is 4.74 Å². The summed E-state index contributed by atoms with van der Waals surface area (Å²) in [6, 6.07) is 7.53. The Morgan fingerprint density at radius 2 is 2.24 bits per heavy atom. The summed E-state index contributed by atoms with van der Waals surface area (Å²) in [7, 11) is 0. The highest BCUT2D eigenvalue weighted by atomic mass is 16.5. The minimum atomic E-state index is -0.113. The second-order valence-corrected chi connectivity index (χ2v) is 6.55. The first kappa shape index (κ1) is 16.0. The smallest absolute Gasteiger partial charge is 0.255 e. The Morgan fingerprint density at radius 3 is 3.04 bits per heavy atom. The average Bonchev–Trinajstić information content (AvgIpc) is 3.05. The molecule has 2 fully saturated rings. The molecule has 1 amide bonds. The van der Waals surface area contributed by atoms with Crippen molar-refractivity contribution in [2.75, 3.05) is 13.2 Å². The quantitative estimate of drug-likeness (QED) is 0.858. The van der Waals surface area contributed by atoms with E-state index in [0.717, 1.165) is 18.4 Å². The fraction of sp³-hybridized carbons (Fsp3) is 0.421. The third kappa shape index (κ3) is 3.22. The summed E-state index contributed by atoms with van der Waals surface area (Å²) >= 11 is 0. The number of ether oxygens (including phenoxy) is 2. The average molecular weight is 339 g/mol. The summed E-state index contributed by atoms with van der Waals surface area (Å²) in [6.07, 6.45) is 6.63. The normalized spacial score (nSPS) is 25.5. The molecule has 2 aromatic rings. The lowest BCUT2D eigenvalue weighted by Gasteiger charge is -2.39. The molecule has 3 atom stereocenters. The zero-order chi connectivity index (χ0) is 17.2. The molecule has 0 radical (unpaired) electrons. The first-order valence-corrected chi connectivity index (χ1v) is 8.64. The van der Waals surface area contributed by atoms with Crippen LogP contribution in [0, 0.1) is 6.92 Å². The fourth-order valence-electron chi connectivity index (χ4n) is 3.70. The van der Waals surface area contributed by atoms with Crippen molar-refractivity contribution in [3.63, 3.8) is 0 Å². The highest BCUT2D eigenvalue weighted by Gasteiger charge is 2.46. The van der Waals surface area contributed by atoms with Crippen LogP contribution in [0.2, 0.25) is 0 Å². The molecule has 0 N–H and O–H groups in total. The zero-order valence-corrected chi connectivity index (χ0v) is 14.2. The van der Waals surface area contributed by atoms with E-state index in [-0.39, 0.29) is 24.2 Å². The number of fused-ring (bicyclic) bond motifs is 1. The minimum absolute atomic E-state index is 0.0213. The van der Waals surface area contributed by atoms with Gasteiger partial charge < -0.3 is 14.4 Å². The molecule has 1 saturated heterocycles.